The summed E-state index contributed by atoms with van der Waals surface area (Å²) in [5.74, 6) is 0.771. The van der Waals surface area contributed by atoms with Crippen LogP contribution < -0.4 is 10.1 Å². The van der Waals surface area contributed by atoms with Crippen LogP contribution in [0, 0.1) is 11.3 Å². The predicted octanol–water partition coefficient (Wildman–Crippen LogP) is 2.19. The zero-order chi connectivity index (χ0) is 11.8. The molecule has 1 aromatic rings. The van der Waals surface area contributed by atoms with Crippen molar-refractivity contribution in [3.63, 3.8) is 0 Å². The molecule has 0 heterocycles. The molecular formula is C13H16N2O. The monoisotopic (exact) mass is 216 g/mol. The van der Waals surface area contributed by atoms with Gasteiger partial charge in [0.2, 0.25) is 0 Å². The van der Waals surface area contributed by atoms with Crippen molar-refractivity contribution in [3.05, 3.63) is 35.4 Å². The lowest BCUT2D eigenvalue weighted by molar-refractivity contribution is 0.414. The first kappa shape index (κ1) is 12.3. The van der Waals surface area contributed by atoms with E-state index in [0.29, 0.717) is 5.56 Å². The molecule has 0 aliphatic rings. The number of methoxy groups -OCH3 is 1. The average molecular weight is 216 g/mol. The van der Waals surface area contributed by atoms with Gasteiger partial charge in [0.05, 0.1) is 18.7 Å². The maximum Gasteiger partial charge on any atom is 0.119 e. The zero-order valence-electron chi connectivity index (χ0n) is 9.66. The van der Waals surface area contributed by atoms with Gasteiger partial charge in [-0.15, -0.1) is 0 Å². The fourth-order valence-corrected chi connectivity index (χ4v) is 1.35. The second kappa shape index (κ2) is 6.65. The molecule has 1 rings (SSSR count). The Morgan fingerprint density at radius 3 is 2.94 bits per heavy atom. The van der Waals surface area contributed by atoms with Crippen LogP contribution in [0.5, 0.6) is 5.75 Å². The summed E-state index contributed by atoms with van der Waals surface area (Å²) in [5, 5.41) is 12.0. The normalized spacial score (nSPS) is 10.3. The van der Waals surface area contributed by atoms with E-state index in [-0.39, 0.29) is 0 Å². The van der Waals surface area contributed by atoms with Crippen molar-refractivity contribution in [3.8, 4) is 11.8 Å². The molecule has 0 bridgehead atoms. The second-order valence-corrected chi connectivity index (χ2v) is 3.36. The van der Waals surface area contributed by atoms with Crippen molar-refractivity contribution < 1.29 is 4.74 Å². The van der Waals surface area contributed by atoms with E-state index in [1.54, 1.807) is 19.2 Å². The summed E-state index contributed by atoms with van der Waals surface area (Å²) in [6, 6.07) is 7.60. The molecule has 0 unspecified atom stereocenters. The average Bonchev–Trinajstić information content (AvgIpc) is 2.34. The molecular weight excluding hydrogens is 200 g/mol. The van der Waals surface area contributed by atoms with Gasteiger partial charge < -0.3 is 10.1 Å². The Morgan fingerprint density at radius 1 is 1.50 bits per heavy atom. The van der Waals surface area contributed by atoms with Crippen molar-refractivity contribution >= 4 is 6.08 Å². The molecule has 3 heteroatoms. The second-order valence-electron chi connectivity index (χ2n) is 3.36. The third-order valence-electron chi connectivity index (χ3n) is 2.24. The van der Waals surface area contributed by atoms with Gasteiger partial charge in [-0.25, -0.2) is 0 Å². The largest absolute Gasteiger partial charge is 0.497 e. The van der Waals surface area contributed by atoms with E-state index in [0.717, 1.165) is 24.3 Å². The number of rotatable bonds is 5. The Balaban J connectivity index is 2.84. The van der Waals surface area contributed by atoms with Gasteiger partial charge in [-0.2, -0.15) is 5.26 Å². The van der Waals surface area contributed by atoms with Gasteiger partial charge in [-0.05, 0) is 43.8 Å². The van der Waals surface area contributed by atoms with E-state index in [2.05, 4.69) is 11.4 Å². The smallest absolute Gasteiger partial charge is 0.119 e. The first-order valence-corrected chi connectivity index (χ1v) is 5.21. The van der Waals surface area contributed by atoms with Crippen LogP contribution in [0.2, 0.25) is 0 Å². The van der Waals surface area contributed by atoms with E-state index in [1.165, 1.54) is 0 Å². The minimum atomic E-state index is 0.668. The highest BCUT2D eigenvalue weighted by Crippen LogP contribution is 2.18. The van der Waals surface area contributed by atoms with Gasteiger partial charge >= 0.3 is 0 Å². The fourth-order valence-electron chi connectivity index (χ4n) is 1.35. The molecule has 0 saturated carbocycles. The lowest BCUT2D eigenvalue weighted by Gasteiger charge is -2.02. The van der Waals surface area contributed by atoms with Crippen molar-refractivity contribution in [2.75, 3.05) is 20.7 Å². The molecule has 0 aliphatic carbocycles. The SMILES string of the molecule is CNCCC=Cc1cc(OC)ccc1C#N. The Morgan fingerprint density at radius 2 is 2.31 bits per heavy atom. The number of benzene rings is 1. The van der Waals surface area contributed by atoms with Crippen LogP contribution in [-0.4, -0.2) is 20.7 Å². The molecule has 0 radical (unpaired) electrons. The van der Waals surface area contributed by atoms with Crippen LogP contribution >= 0.6 is 0 Å². The standard InChI is InChI=1S/C13H16N2O/c1-15-8-4-3-5-11-9-13(16-2)7-6-12(11)10-14/h3,5-7,9,15H,4,8H2,1-2H3. The zero-order valence-corrected chi connectivity index (χ0v) is 9.66. The maximum atomic E-state index is 8.95. The predicted molar refractivity (Wildman–Crippen MR) is 65.3 cm³/mol. The molecule has 0 fully saturated rings. The highest BCUT2D eigenvalue weighted by molar-refractivity contribution is 5.60. The first-order chi connectivity index (χ1) is 7.81. The molecule has 0 aliphatic heterocycles. The summed E-state index contributed by atoms with van der Waals surface area (Å²) in [6.07, 6.45) is 4.95. The molecule has 0 atom stereocenters. The number of nitriles is 1. The number of nitrogens with zero attached hydrogens (tertiary/aromatic N) is 1. The first-order valence-electron chi connectivity index (χ1n) is 5.21. The van der Waals surface area contributed by atoms with Crippen molar-refractivity contribution in [2.45, 2.75) is 6.42 Å². The quantitative estimate of drug-likeness (QED) is 0.767. The Hall–Kier alpha value is -1.79. The summed E-state index contributed by atoms with van der Waals surface area (Å²) >= 11 is 0. The van der Waals surface area contributed by atoms with E-state index in [4.69, 9.17) is 10.00 Å². The van der Waals surface area contributed by atoms with Gasteiger partial charge in [0, 0.05) is 0 Å². The topological polar surface area (TPSA) is 45.0 Å². The van der Waals surface area contributed by atoms with Crippen LogP contribution in [0.4, 0.5) is 0 Å². The van der Waals surface area contributed by atoms with Gasteiger partial charge in [0.1, 0.15) is 5.75 Å². The molecule has 1 aromatic carbocycles. The molecule has 0 saturated heterocycles. The summed E-state index contributed by atoms with van der Waals surface area (Å²) in [7, 11) is 3.54. The van der Waals surface area contributed by atoms with Crippen LogP contribution in [0.25, 0.3) is 6.08 Å². The van der Waals surface area contributed by atoms with E-state index in [1.807, 2.05) is 25.3 Å². The van der Waals surface area contributed by atoms with Gasteiger partial charge in [0.25, 0.3) is 0 Å². The third kappa shape index (κ3) is 3.41. The number of hydrogen-bond donors (Lipinski definition) is 1. The number of nitrogens with one attached hydrogen (secondary N) is 1. The van der Waals surface area contributed by atoms with Crippen molar-refractivity contribution in [1.29, 1.82) is 5.26 Å². The van der Waals surface area contributed by atoms with E-state index in [9.17, 15) is 0 Å². The molecule has 3 nitrogen and oxygen atoms in total. The molecule has 84 valence electrons. The Kier molecular flexibility index (Phi) is 5.10. The van der Waals surface area contributed by atoms with Crippen LogP contribution in [0.3, 0.4) is 0 Å². The van der Waals surface area contributed by atoms with Crippen molar-refractivity contribution in [1.82, 2.24) is 5.32 Å². The van der Waals surface area contributed by atoms with E-state index >= 15 is 0 Å². The number of hydrogen-bond acceptors (Lipinski definition) is 3. The minimum absolute atomic E-state index is 0.668. The minimum Gasteiger partial charge on any atom is -0.497 e. The summed E-state index contributed by atoms with van der Waals surface area (Å²) < 4.78 is 5.13. The highest BCUT2D eigenvalue weighted by atomic mass is 16.5. The lowest BCUT2D eigenvalue weighted by Crippen LogP contribution is -2.05. The van der Waals surface area contributed by atoms with Gasteiger partial charge in [0.15, 0.2) is 0 Å². The fraction of sp³-hybridized carbons (Fsp3) is 0.308. The van der Waals surface area contributed by atoms with Gasteiger partial charge in [-0.3, -0.25) is 0 Å². The molecule has 0 aromatic heterocycles. The van der Waals surface area contributed by atoms with Gasteiger partial charge in [-0.1, -0.05) is 12.2 Å². The number of ether oxygens (including phenoxy) is 1. The summed E-state index contributed by atoms with van der Waals surface area (Å²) in [5.41, 5.74) is 1.57. The van der Waals surface area contributed by atoms with Crippen LogP contribution in [0.15, 0.2) is 24.3 Å². The molecule has 16 heavy (non-hydrogen) atoms. The summed E-state index contributed by atoms with van der Waals surface area (Å²) in [4.78, 5) is 0. The highest BCUT2D eigenvalue weighted by Gasteiger charge is 2.00. The maximum absolute atomic E-state index is 8.95. The summed E-state index contributed by atoms with van der Waals surface area (Å²) in [6.45, 7) is 0.933. The molecule has 0 amide bonds. The molecule has 0 spiro atoms. The molecule has 1 N–H and O–H groups in total. The Labute approximate surface area is 96.4 Å². The van der Waals surface area contributed by atoms with Crippen molar-refractivity contribution in [2.24, 2.45) is 0 Å². The van der Waals surface area contributed by atoms with Crippen LogP contribution in [0.1, 0.15) is 17.5 Å². The lowest BCUT2D eigenvalue weighted by atomic mass is 10.1. The van der Waals surface area contributed by atoms with Crippen LogP contribution in [-0.2, 0) is 0 Å². The Bertz CT molecular complexity index is 405. The van der Waals surface area contributed by atoms with E-state index < -0.39 is 0 Å². The third-order valence-corrected chi connectivity index (χ3v) is 2.24.